The first-order chi connectivity index (χ1) is 15.8. The number of unbranched alkanes of at least 4 members (excludes halogenated alkanes) is 3. The number of hydrogen-bond acceptors (Lipinski definition) is 3. The molecule has 0 bridgehead atoms. The molecule has 1 heterocycles. The zero-order valence-corrected chi connectivity index (χ0v) is 17.8. The summed E-state index contributed by atoms with van der Waals surface area (Å²) in [5, 5.41) is 12.1. The van der Waals surface area contributed by atoms with Crippen LogP contribution >= 0.6 is 0 Å². The van der Waals surface area contributed by atoms with Gasteiger partial charge in [0.05, 0.1) is 5.56 Å². The Morgan fingerprint density at radius 1 is 0.970 bits per heavy atom. The Morgan fingerprint density at radius 3 is 2.39 bits per heavy atom. The van der Waals surface area contributed by atoms with Gasteiger partial charge in [0.1, 0.15) is 0 Å². The number of hydrogen-bond donors (Lipinski definition) is 4. The summed E-state index contributed by atoms with van der Waals surface area (Å²) in [6, 6.07) is 11.3. The number of amides is 3. The molecule has 4 N–H and O–H groups in total. The molecule has 0 radical (unpaired) electrons. The molecule has 0 atom stereocenters. The first-order valence-electron chi connectivity index (χ1n) is 10.5. The summed E-state index contributed by atoms with van der Waals surface area (Å²) >= 11 is 0. The van der Waals surface area contributed by atoms with E-state index in [4.69, 9.17) is 5.21 Å². The van der Waals surface area contributed by atoms with Crippen LogP contribution in [-0.4, -0.2) is 28.7 Å². The van der Waals surface area contributed by atoms with Crippen LogP contribution in [0.3, 0.4) is 0 Å². The SMILES string of the molecule is O=C(CCCCCCN(C(=O)Nc1ccc(C(F)(F)F)cc1)c1ccc2[nH]ccc2c1)NO. The number of benzene rings is 2. The maximum atomic E-state index is 13.0. The van der Waals surface area contributed by atoms with Crippen molar-refractivity contribution in [1.29, 1.82) is 0 Å². The van der Waals surface area contributed by atoms with Gasteiger partial charge in [0.25, 0.3) is 0 Å². The van der Waals surface area contributed by atoms with Crippen molar-refractivity contribution in [1.82, 2.24) is 10.5 Å². The molecule has 0 spiro atoms. The van der Waals surface area contributed by atoms with Crippen molar-refractivity contribution < 1.29 is 28.0 Å². The highest BCUT2D eigenvalue weighted by atomic mass is 19.4. The maximum Gasteiger partial charge on any atom is 0.416 e. The van der Waals surface area contributed by atoms with E-state index in [2.05, 4.69) is 10.3 Å². The van der Waals surface area contributed by atoms with Crippen molar-refractivity contribution in [2.24, 2.45) is 0 Å². The Bertz CT molecular complexity index is 1080. The van der Waals surface area contributed by atoms with Crippen molar-refractivity contribution in [3.05, 3.63) is 60.3 Å². The predicted molar refractivity (Wildman–Crippen MR) is 119 cm³/mol. The van der Waals surface area contributed by atoms with Gasteiger partial charge in [-0.05, 0) is 61.4 Å². The van der Waals surface area contributed by atoms with Gasteiger partial charge >= 0.3 is 12.2 Å². The van der Waals surface area contributed by atoms with Crippen LogP contribution in [0.25, 0.3) is 10.9 Å². The third kappa shape index (κ3) is 6.72. The second-order valence-corrected chi connectivity index (χ2v) is 7.61. The second kappa shape index (κ2) is 10.9. The molecule has 0 fully saturated rings. The van der Waals surface area contributed by atoms with Crippen LogP contribution in [0.2, 0.25) is 0 Å². The number of H-pyrrole nitrogens is 1. The zero-order chi connectivity index (χ0) is 23.8. The highest BCUT2D eigenvalue weighted by Crippen LogP contribution is 2.30. The normalized spacial score (nSPS) is 11.4. The highest BCUT2D eigenvalue weighted by molar-refractivity contribution is 6.02. The topological polar surface area (TPSA) is 97.5 Å². The van der Waals surface area contributed by atoms with E-state index in [9.17, 15) is 22.8 Å². The van der Waals surface area contributed by atoms with Crippen LogP contribution < -0.4 is 15.7 Å². The van der Waals surface area contributed by atoms with Gasteiger partial charge < -0.3 is 10.3 Å². The molecule has 0 aliphatic rings. The fourth-order valence-corrected chi connectivity index (χ4v) is 3.45. The Hall–Kier alpha value is -3.53. The van der Waals surface area contributed by atoms with Crippen molar-refractivity contribution in [3.63, 3.8) is 0 Å². The van der Waals surface area contributed by atoms with Gasteiger partial charge in [-0.15, -0.1) is 0 Å². The van der Waals surface area contributed by atoms with E-state index < -0.39 is 23.7 Å². The van der Waals surface area contributed by atoms with Crippen LogP contribution in [0.4, 0.5) is 29.3 Å². The van der Waals surface area contributed by atoms with Crippen LogP contribution in [0.15, 0.2) is 54.7 Å². The number of fused-ring (bicyclic) bond motifs is 1. The molecule has 0 saturated carbocycles. The number of hydroxylamine groups is 1. The number of anilines is 2. The molecule has 0 unspecified atom stereocenters. The van der Waals surface area contributed by atoms with Gasteiger partial charge in [-0.3, -0.25) is 14.9 Å². The number of carbonyl (C=O) groups excluding carboxylic acids is 2. The Kier molecular flexibility index (Phi) is 7.94. The summed E-state index contributed by atoms with van der Waals surface area (Å²) in [6.45, 7) is 0.384. The van der Waals surface area contributed by atoms with E-state index in [1.165, 1.54) is 12.1 Å². The number of urea groups is 1. The fraction of sp³-hybridized carbons (Fsp3) is 0.304. The van der Waals surface area contributed by atoms with Crippen LogP contribution in [-0.2, 0) is 11.0 Å². The lowest BCUT2D eigenvalue weighted by Crippen LogP contribution is -2.35. The minimum atomic E-state index is -4.45. The monoisotopic (exact) mass is 462 g/mol. The lowest BCUT2D eigenvalue weighted by Gasteiger charge is -2.24. The molecule has 176 valence electrons. The average Bonchev–Trinajstić information content (AvgIpc) is 3.26. The molecule has 7 nitrogen and oxygen atoms in total. The summed E-state index contributed by atoms with van der Waals surface area (Å²) in [5.41, 5.74) is 2.64. The first kappa shape index (κ1) is 24.1. The molecule has 3 amide bonds. The minimum Gasteiger partial charge on any atom is -0.361 e. The number of aromatic nitrogens is 1. The number of alkyl halides is 3. The highest BCUT2D eigenvalue weighted by Gasteiger charge is 2.30. The van der Waals surface area contributed by atoms with Gasteiger partial charge in [-0.2, -0.15) is 13.2 Å². The number of rotatable bonds is 9. The number of carbonyl (C=O) groups is 2. The molecule has 3 aromatic rings. The maximum absolute atomic E-state index is 13.0. The van der Waals surface area contributed by atoms with Gasteiger partial charge in [-0.25, -0.2) is 10.3 Å². The molecule has 0 saturated heterocycles. The van der Waals surface area contributed by atoms with E-state index in [1.54, 1.807) is 22.6 Å². The summed E-state index contributed by atoms with van der Waals surface area (Å²) in [7, 11) is 0. The smallest absolute Gasteiger partial charge is 0.361 e. The molecule has 2 aromatic carbocycles. The van der Waals surface area contributed by atoms with E-state index in [-0.39, 0.29) is 12.1 Å². The molecule has 10 heteroatoms. The van der Waals surface area contributed by atoms with E-state index in [0.717, 1.165) is 35.9 Å². The predicted octanol–water partition coefficient (Wildman–Crippen LogP) is 5.68. The number of nitrogens with one attached hydrogen (secondary N) is 3. The zero-order valence-electron chi connectivity index (χ0n) is 17.8. The largest absolute Gasteiger partial charge is 0.416 e. The molecule has 0 aliphatic heterocycles. The number of aromatic amines is 1. The quantitative estimate of drug-likeness (QED) is 0.187. The van der Waals surface area contributed by atoms with E-state index >= 15 is 0 Å². The van der Waals surface area contributed by atoms with Gasteiger partial charge in [-0.1, -0.05) is 12.8 Å². The summed E-state index contributed by atoms with van der Waals surface area (Å²) in [4.78, 5) is 28.7. The molecule has 0 aliphatic carbocycles. The third-order valence-corrected chi connectivity index (χ3v) is 5.22. The van der Waals surface area contributed by atoms with Crippen molar-refractivity contribution in [2.45, 2.75) is 38.3 Å². The van der Waals surface area contributed by atoms with Crippen LogP contribution in [0.5, 0.6) is 0 Å². The molecule has 3 rings (SSSR count). The standard InChI is InChI=1S/C23H25F3N4O3/c24-23(25,26)17-6-8-18(9-7-17)28-22(32)30(14-4-2-1-3-5-21(31)29-33)19-10-11-20-16(15-19)12-13-27-20/h6-13,15,27,33H,1-5,14H2,(H,28,32)(H,29,31). The minimum absolute atomic E-state index is 0.221. The summed E-state index contributed by atoms with van der Waals surface area (Å²) in [6.07, 6.45) is 0.348. The number of halogens is 3. The summed E-state index contributed by atoms with van der Waals surface area (Å²) in [5.74, 6) is -0.438. The average molecular weight is 462 g/mol. The van der Waals surface area contributed by atoms with Gasteiger partial charge in [0.2, 0.25) is 5.91 Å². The van der Waals surface area contributed by atoms with Gasteiger partial charge in [0, 0.05) is 41.4 Å². The van der Waals surface area contributed by atoms with Crippen LogP contribution in [0.1, 0.15) is 37.7 Å². The third-order valence-electron chi connectivity index (χ3n) is 5.22. The van der Waals surface area contributed by atoms with Gasteiger partial charge in [0.15, 0.2) is 0 Å². The van der Waals surface area contributed by atoms with Crippen molar-refractivity contribution in [3.8, 4) is 0 Å². The Morgan fingerprint density at radius 2 is 1.70 bits per heavy atom. The van der Waals surface area contributed by atoms with Crippen molar-refractivity contribution in [2.75, 3.05) is 16.8 Å². The van der Waals surface area contributed by atoms with Crippen molar-refractivity contribution >= 4 is 34.2 Å². The fourth-order valence-electron chi connectivity index (χ4n) is 3.45. The van der Waals surface area contributed by atoms with E-state index in [1.807, 2.05) is 18.2 Å². The Labute approximate surface area is 188 Å². The van der Waals surface area contributed by atoms with E-state index in [0.29, 0.717) is 25.1 Å². The molecular weight excluding hydrogens is 437 g/mol. The number of nitrogens with zero attached hydrogens (tertiary/aromatic N) is 1. The van der Waals surface area contributed by atoms with Crippen LogP contribution in [0, 0.1) is 0 Å². The lowest BCUT2D eigenvalue weighted by atomic mass is 10.1. The molecule has 33 heavy (non-hydrogen) atoms. The Balaban J connectivity index is 1.67. The lowest BCUT2D eigenvalue weighted by molar-refractivity contribution is -0.137. The second-order valence-electron chi connectivity index (χ2n) is 7.61. The molecular formula is C23H25F3N4O3. The first-order valence-corrected chi connectivity index (χ1v) is 10.5. The summed E-state index contributed by atoms with van der Waals surface area (Å²) < 4.78 is 38.4. The molecule has 1 aromatic heterocycles.